The molecule has 0 aliphatic rings. The summed E-state index contributed by atoms with van der Waals surface area (Å²) in [5.74, 6) is 0.584. The third-order valence-corrected chi connectivity index (χ3v) is 4.32. The molecular formula is C21H23N3O2. The molecule has 0 bridgehead atoms. The number of carbonyl (C=O) groups is 1. The van der Waals surface area contributed by atoms with Crippen molar-refractivity contribution in [2.75, 3.05) is 0 Å². The number of rotatable bonds is 7. The van der Waals surface area contributed by atoms with Gasteiger partial charge in [-0.3, -0.25) is 9.59 Å². The first-order valence-electron chi connectivity index (χ1n) is 8.97. The molecule has 134 valence electrons. The van der Waals surface area contributed by atoms with E-state index in [2.05, 4.69) is 16.9 Å². The Morgan fingerprint density at radius 3 is 2.54 bits per heavy atom. The largest absolute Gasteiger partial charge is 0.331 e. The maximum Gasteiger partial charge on any atom is 0.258 e. The Morgan fingerprint density at radius 2 is 1.77 bits per heavy atom. The normalized spacial score (nSPS) is 10.8. The quantitative estimate of drug-likeness (QED) is 0.708. The van der Waals surface area contributed by atoms with Crippen molar-refractivity contribution in [1.29, 1.82) is 0 Å². The minimum atomic E-state index is -0.175. The summed E-state index contributed by atoms with van der Waals surface area (Å²) in [4.78, 5) is 34.1. The van der Waals surface area contributed by atoms with Crippen LogP contribution in [0.4, 0.5) is 0 Å². The minimum Gasteiger partial charge on any atom is -0.331 e. The van der Waals surface area contributed by atoms with E-state index in [4.69, 9.17) is 0 Å². The van der Waals surface area contributed by atoms with E-state index in [1.54, 1.807) is 11.0 Å². The number of carbonyl (C=O) groups excluding carboxylic acids is 1. The maximum atomic E-state index is 12.7. The fourth-order valence-corrected chi connectivity index (χ4v) is 2.91. The Hall–Kier alpha value is -2.95. The molecule has 1 heterocycles. The molecule has 3 rings (SSSR count). The lowest BCUT2D eigenvalue weighted by Crippen LogP contribution is -2.31. The van der Waals surface area contributed by atoms with Gasteiger partial charge in [0.15, 0.2) is 0 Å². The number of nitrogens with zero attached hydrogens (tertiary/aromatic N) is 2. The molecule has 5 heteroatoms. The van der Waals surface area contributed by atoms with Crippen LogP contribution in [0.2, 0.25) is 0 Å². The molecule has 5 nitrogen and oxygen atoms in total. The monoisotopic (exact) mass is 349 g/mol. The maximum absolute atomic E-state index is 12.7. The summed E-state index contributed by atoms with van der Waals surface area (Å²) in [6.45, 7) is 2.86. The summed E-state index contributed by atoms with van der Waals surface area (Å²) < 4.78 is 0. The van der Waals surface area contributed by atoms with Gasteiger partial charge >= 0.3 is 0 Å². The Balaban J connectivity index is 1.87. The van der Waals surface area contributed by atoms with Crippen molar-refractivity contribution in [3.05, 3.63) is 76.3 Å². The molecule has 1 amide bonds. The first-order chi connectivity index (χ1) is 12.7. The van der Waals surface area contributed by atoms with Gasteiger partial charge in [-0.2, -0.15) is 0 Å². The van der Waals surface area contributed by atoms with Crippen LogP contribution in [0.3, 0.4) is 0 Å². The lowest BCUT2D eigenvalue weighted by Gasteiger charge is -2.22. The van der Waals surface area contributed by atoms with Crippen molar-refractivity contribution in [1.82, 2.24) is 14.9 Å². The standard InChI is InChI=1S/C21H23N3O2/c1-2-3-13-20(25)24(14-16-9-5-4-6-10-16)15-19-22-18-12-8-7-11-17(18)21(26)23-19/h4-12H,2-3,13-15H2,1H3,(H,22,23,26). The smallest absolute Gasteiger partial charge is 0.258 e. The van der Waals surface area contributed by atoms with E-state index >= 15 is 0 Å². The number of hydrogen-bond donors (Lipinski definition) is 1. The summed E-state index contributed by atoms with van der Waals surface area (Å²) >= 11 is 0. The van der Waals surface area contributed by atoms with Crippen LogP contribution in [-0.2, 0) is 17.9 Å². The van der Waals surface area contributed by atoms with Crippen LogP contribution in [0.15, 0.2) is 59.4 Å². The molecule has 0 aliphatic carbocycles. The van der Waals surface area contributed by atoms with Gasteiger partial charge in [0.2, 0.25) is 5.91 Å². The van der Waals surface area contributed by atoms with Crippen molar-refractivity contribution in [2.45, 2.75) is 39.3 Å². The second kappa shape index (κ2) is 8.43. The summed E-state index contributed by atoms with van der Waals surface area (Å²) in [5, 5.41) is 0.558. The lowest BCUT2D eigenvalue weighted by molar-refractivity contribution is -0.132. The number of para-hydroxylation sites is 1. The number of hydrogen-bond acceptors (Lipinski definition) is 3. The Kier molecular flexibility index (Phi) is 5.79. The number of aromatic amines is 1. The Bertz CT molecular complexity index is 935. The third kappa shape index (κ3) is 4.36. The fraction of sp³-hybridized carbons (Fsp3) is 0.286. The van der Waals surface area contributed by atoms with E-state index in [1.165, 1.54) is 0 Å². The number of aromatic nitrogens is 2. The van der Waals surface area contributed by atoms with E-state index in [1.807, 2.05) is 48.5 Å². The summed E-state index contributed by atoms with van der Waals surface area (Å²) in [6, 6.07) is 17.1. The van der Waals surface area contributed by atoms with Gasteiger partial charge in [0.05, 0.1) is 17.4 Å². The minimum absolute atomic E-state index is 0.0755. The van der Waals surface area contributed by atoms with Crippen molar-refractivity contribution >= 4 is 16.8 Å². The second-order valence-electron chi connectivity index (χ2n) is 6.37. The molecule has 0 spiro atoms. The Morgan fingerprint density at radius 1 is 1.04 bits per heavy atom. The number of nitrogens with one attached hydrogen (secondary N) is 1. The fourth-order valence-electron chi connectivity index (χ4n) is 2.91. The number of benzene rings is 2. The zero-order chi connectivity index (χ0) is 18.4. The van der Waals surface area contributed by atoms with Crippen LogP contribution in [-0.4, -0.2) is 20.8 Å². The molecule has 0 atom stereocenters. The number of unbranched alkanes of at least 4 members (excludes halogenated alkanes) is 1. The predicted octanol–water partition coefficient (Wildman–Crippen LogP) is 3.64. The van der Waals surface area contributed by atoms with Crippen molar-refractivity contribution in [3.8, 4) is 0 Å². The van der Waals surface area contributed by atoms with Gasteiger partial charge in [0.1, 0.15) is 5.82 Å². The zero-order valence-electron chi connectivity index (χ0n) is 14.9. The van der Waals surface area contributed by atoms with Gasteiger partial charge in [-0.25, -0.2) is 4.98 Å². The van der Waals surface area contributed by atoms with Gasteiger partial charge < -0.3 is 9.88 Å². The SMILES string of the molecule is CCCCC(=O)N(Cc1ccccc1)Cc1nc2ccccc2c(=O)[nH]1. The molecule has 2 aromatic carbocycles. The van der Waals surface area contributed by atoms with Crippen LogP contribution in [0.1, 0.15) is 37.6 Å². The highest BCUT2D eigenvalue weighted by molar-refractivity contribution is 5.78. The van der Waals surface area contributed by atoms with Crippen molar-refractivity contribution in [3.63, 3.8) is 0 Å². The first kappa shape index (κ1) is 17.9. The number of H-pyrrole nitrogens is 1. The molecular weight excluding hydrogens is 326 g/mol. The van der Waals surface area contributed by atoms with Gasteiger partial charge in [-0.1, -0.05) is 55.8 Å². The molecule has 1 N–H and O–H groups in total. The van der Waals surface area contributed by atoms with Crippen molar-refractivity contribution < 1.29 is 4.79 Å². The highest BCUT2D eigenvalue weighted by Gasteiger charge is 2.16. The van der Waals surface area contributed by atoms with Crippen LogP contribution in [0.5, 0.6) is 0 Å². The third-order valence-electron chi connectivity index (χ3n) is 4.32. The summed E-state index contributed by atoms with van der Waals surface area (Å²) in [6.07, 6.45) is 2.32. The van der Waals surface area contributed by atoms with Crippen molar-refractivity contribution in [2.24, 2.45) is 0 Å². The van der Waals surface area contributed by atoms with Crippen LogP contribution in [0.25, 0.3) is 10.9 Å². The van der Waals surface area contributed by atoms with E-state index in [0.29, 0.717) is 29.7 Å². The van der Waals surface area contributed by atoms with Gasteiger partial charge in [-0.05, 0) is 24.1 Å². The molecule has 0 fully saturated rings. The predicted molar refractivity (Wildman–Crippen MR) is 103 cm³/mol. The van der Waals surface area contributed by atoms with Crippen LogP contribution in [0, 0.1) is 0 Å². The second-order valence-corrected chi connectivity index (χ2v) is 6.37. The van der Waals surface area contributed by atoms with Gasteiger partial charge in [0, 0.05) is 13.0 Å². The molecule has 1 aromatic heterocycles. The summed E-state index contributed by atoms with van der Waals surface area (Å²) in [5.41, 5.74) is 1.53. The Labute approximate surface area is 152 Å². The summed E-state index contributed by atoms with van der Waals surface area (Å²) in [7, 11) is 0. The molecule has 0 saturated heterocycles. The topological polar surface area (TPSA) is 66.1 Å². The zero-order valence-corrected chi connectivity index (χ0v) is 14.9. The first-order valence-corrected chi connectivity index (χ1v) is 8.97. The molecule has 0 aliphatic heterocycles. The number of fused-ring (bicyclic) bond motifs is 1. The highest BCUT2D eigenvalue weighted by Crippen LogP contribution is 2.12. The van der Waals surface area contributed by atoms with E-state index in [9.17, 15) is 9.59 Å². The van der Waals surface area contributed by atoms with E-state index in [-0.39, 0.29) is 18.0 Å². The van der Waals surface area contributed by atoms with Crippen LogP contribution >= 0.6 is 0 Å². The van der Waals surface area contributed by atoms with Crippen LogP contribution < -0.4 is 5.56 Å². The average molecular weight is 349 g/mol. The van der Waals surface area contributed by atoms with Gasteiger partial charge in [0.25, 0.3) is 5.56 Å². The average Bonchev–Trinajstić information content (AvgIpc) is 2.66. The molecule has 0 radical (unpaired) electrons. The van der Waals surface area contributed by atoms with E-state index < -0.39 is 0 Å². The molecule has 0 unspecified atom stereocenters. The molecule has 3 aromatic rings. The molecule has 26 heavy (non-hydrogen) atoms. The molecule has 0 saturated carbocycles. The van der Waals surface area contributed by atoms with E-state index in [0.717, 1.165) is 18.4 Å². The van der Waals surface area contributed by atoms with Gasteiger partial charge in [-0.15, -0.1) is 0 Å². The number of amides is 1. The lowest BCUT2D eigenvalue weighted by atomic mass is 10.2. The highest BCUT2D eigenvalue weighted by atomic mass is 16.2.